The quantitative estimate of drug-likeness (QED) is 0.143. The molecule has 0 unspecified atom stereocenters. The maximum Gasteiger partial charge on any atom is 0.343 e. The lowest BCUT2D eigenvalue weighted by Crippen LogP contribution is -2.20. The molecule has 0 atom stereocenters. The summed E-state index contributed by atoms with van der Waals surface area (Å²) in [4.78, 5) is 25.6. The van der Waals surface area contributed by atoms with Crippen molar-refractivity contribution in [1.82, 2.24) is 4.90 Å². The highest BCUT2D eigenvalue weighted by Gasteiger charge is 2.26. The Balaban J connectivity index is 3.33. The van der Waals surface area contributed by atoms with Crippen LogP contribution in [0.15, 0.2) is 23.9 Å². The van der Waals surface area contributed by atoms with Gasteiger partial charge in [-0.25, -0.2) is 13.6 Å². The molecule has 1 rings (SSSR count). The number of carbonyl (C=O) groups is 2. The average molecular weight is 409 g/mol. The van der Waals surface area contributed by atoms with Gasteiger partial charge in [0.25, 0.3) is 0 Å². The van der Waals surface area contributed by atoms with E-state index in [0.29, 0.717) is 3.57 Å². The molecule has 114 valence electrons. The second-order valence-corrected chi connectivity index (χ2v) is 5.55. The fraction of sp³-hybridized carbons (Fsp3) is 0.286. The highest BCUT2D eigenvalue weighted by Crippen LogP contribution is 2.20. The molecule has 0 saturated carbocycles. The lowest BCUT2D eigenvalue weighted by Gasteiger charge is -2.11. The molecule has 0 aliphatic rings. The smallest absolute Gasteiger partial charge is 0.343 e. The molecule has 0 spiro atoms. The molecule has 0 fully saturated rings. The van der Waals surface area contributed by atoms with Crippen molar-refractivity contribution < 1.29 is 23.1 Å². The Bertz CT molecular complexity index is 600. The Morgan fingerprint density at radius 3 is 2.48 bits per heavy atom. The lowest BCUT2D eigenvalue weighted by molar-refractivity contribution is -0.138. The van der Waals surface area contributed by atoms with E-state index in [1.54, 1.807) is 43.6 Å². The zero-order valence-corrected chi connectivity index (χ0v) is 13.9. The van der Waals surface area contributed by atoms with Gasteiger partial charge in [-0.3, -0.25) is 4.79 Å². The van der Waals surface area contributed by atoms with E-state index in [9.17, 15) is 18.4 Å². The fourth-order valence-electron chi connectivity index (χ4n) is 1.54. The van der Waals surface area contributed by atoms with Crippen LogP contribution in [0.4, 0.5) is 8.78 Å². The Morgan fingerprint density at radius 1 is 1.33 bits per heavy atom. The summed E-state index contributed by atoms with van der Waals surface area (Å²) in [7, 11) is 3.19. The summed E-state index contributed by atoms with van der Waals surface area (Å²) in [6, 6.07) is 2.15. The van der Waals surface area contributed by atoms with Gasteiger partial charge >= 0.3 is 5.97 Å². The lowest BCUT2D eigenvalue weighted by atomic mass is 10.0. The Morgan fingerprint density at radius 2 is 1.95 bits per heavy atom. The number of ether oxygens (including phenoxy) is 1. The third kappa shape index (κ3) is 4.48. The third-order valence-electron chi connectivity index (χ3n) is 2.36. The van der Waals surface area contributed by atoms with E-state index in [1.807, 2.05) is 0 Å². The van der Waals surface area contributed by atoms with Gasteiger partial charge in [-0.1, -0.05) is 0 Å². The van der Waals surface area contributed by atoms with Crippen molar-refractivity contribution in [2.24, 2.45) is 0 Å². The van der Waals surface area contributed by atoms with Crippen LogP contribution in [-0.2, 0) is 9.53 Å². The van der Waals surface area contributed by atoms with Gasteiger partial charge in [0.05, 0.1) is 12.2 Å². The maximum atomic E-state index is 13.8. The first-order valence-electron chi connectivity index (χ1n) is 6.02. The molecule has 21 heavy (non-hydrogen) atoms. The average Bonchev–Trinajstić information content (AvgIpc) is 2.39. The summed E-state index contributed by atoms with van der Waals surface area (Å²) in [5.74, 6) is -4.22. The molecular formula is C14H14F2INO3. The van der Waals surface area contributed by atoms with E-state index in [-0.39, 0.29) is 12.2 Å². The predicted octanol–water partition coefficient (Wildman–Crippen LogP) is 2.76. The first-order chi connectivity index (χ1) is 9.77. The second-order valence-electron chi connectivity index (χ2n) is 4.31. The molecule has 0 bridgehead atoms. The first kappa shape index (κ1) is 17.5. The van der Waals surface area contributed by atoms with E-state index in [4.69, 9.17) is 4.74 Å². The molecule has 0 N–H and O–H groups in total. The van der Waals surface area contributed by atoms with E-state index in [2.05, 4.69) is 0 Å². The van der Waals surface area contributed by atoms with Crippen LogP contribution in [0.25, 0.3) is 0 Å². The molecule has 0 aliphatic heterocycles. The van der Waals surface area contributed by atoms with Crippen molar-refractivity contribution in [3.05, 3.63) is 44.7 Å². The monoisotopic (exact) mass is 409 g/mol. The SMILES string of the molecule is CCOC(=O)/C(=C/N(C)C)C(=O)c1cc(I)cc(F)c1F. The van der Waals surface area contributed by atoms with Gasteiger partial charge in [-0.05, 0) is 41.6 Å². The zero-order chi connectivity index (χ0) is 16.2. The van der Waals surface area contributed by atoms with Crippen molar-refractivity contribution >= 4 is 34.3 Å². The highest BCUT2D eigenvalue weighted by molar-refractivity contribution is 14.1. The summed E-state index contributed by atoms with van der Waals surface area (Å²) in [5, 5.41) is 0. The standard InChI is InChI=1S/C14H14F2INO3/c1-4-21-14(20)10(7-18(2)3)13(19)9-5-8(17)6-11(15)12(9)16/h5-7H,4H2,1-3H3/b10-7+. The summed E-state index contributed by atoms with van der Waals surface area (Å²) in [6.07, 6.45) is 1.22. The van der Waals surface area contributed by atoms with Gasteiger partial charge < -0.3 is 9.64 Å². The van der Waals surface area contributed by atoms with Crippen LogP contribution in [0.1, 0.15) is 17.3 Å². The number of carbonyl (C=O) groups excluding carboxylic acids is 2. The van der Waals surface area contributed by atoms with E-state index >= 15 is 0 Å². The van der Waals surface area contributed by atoms with Gasteiger partial charge in [0.1, 0.15) is 5.57 Å². The Kier molecular flexibility index (Phi) is 6.25. The van der Waals surface area contributed by atoms with E-state index < -0.39 is 29.0 Å². The number of halogens is 3. The minimum absolute atomic E-state index is 0.0695. The van der Waals surface area contributed by atoms with Crippen molar-refractivity contribution in [2.75, 3.05) is 20.7 Å². The van der Waals surface area contributed by atoms with Crippen molar-refractivity contribution in [1.29, 1.82) is 0 Å². The Labute approximate surface area is 134 Å². The van der Waals surface area contributed by atoms with E-state index in [0.717, 1.165) is 6.07 Å². The molecule has 0 aliphatic carbocycles. The van der Waals surface area contributed by atoms with Gasteiger partial charge in [-0.15, -0.1) is 0 Å². The first-order valence-corrected chi connectivity index (χ1v) is 7.10. The summed E-state index contributed by atoms with van der Waals surface area (Å²) < 4.78 is 32.3. The minimum atomic E-state index is -1.28. The van der Waals surface area contributed by atoms with Crippen molar-refractivity contribution in [3.63, 3.8) is 0 Å². The van der Waals surface area contributed by atoms with Gasteiger partial charge in [0.2, 0.25) is 5.78 Å². The number of nitrogens with zero attached hydrogens (tertiary/aromatic N) is 1. The van der Waals surface area contributed by atoms with Crippen LogP contribution in [-0.4, -0.2) is 37.4 Å². The number of hydrogen-bond donors (Lipinski definition) is 0. The molecule has 1 aromatic rings. The summed E-state index contributed by atoms with van der Waals surface area (Å²) in [5.41, 5.74) is -0.859. The van der Waals surface area contributed by atoms with Crippen LogP contribution in [0.3, 0.4) is 0 Å². The minimum Gasteiger partial charge on any atom is -0.462 e. The number of rotatable bonds is 5. The van der Waals surface area contributed by atoms with Crippen LogP contribution in [0.2, 0.25) is 0 Å². The molecular weight excluding hydrogens is 395 g/mol. The summed E-state index contributed by atoms with van der Waals surface area (Å²) in [6.45, 7) is 1.65. The molecule has 0 saturated heterocycles. The van der Waals surface area contributed by atoms with E-state index in [1.165, 1.54) is 17.2 Å². The van der Waals surface area contributed by atoms with Crippen LogP contribution < -0.4 is 0 Å². The second kappa shape index (κ2) is 7.48. The van der Waals surface area contributed by atoms with Crippen LogP contribution in [0, 0.1) is 15.2 Å². The fourth-order valence-corrected chi connectivity index (χ4v) is 2.12. The van der Waals surface area contributed by atoms with Crippen LogP contribution in [0.5, 0.6) is 0 Å². The zero-order valence-electron chi connectivity index (χ0n) is 11.7. The number of benzene rings is 1. The number of ketones is 1. The molecule has 0 heterocycles. The molecule has 0 amide bonds. The molecule has 0 aromatic heterocycles. The van der Waals surface area contributed by atoms with Gasteiger partial charge in [0.15, 0.2) is 11.6 Å². The molecule has 0 radical (unpaired) electrons. The van der Waals surface area contributed by atoms with Crippen LogP contribution >= 0.6 is 22.6 Å². The van der Waals surface area contributed by atoms with Crippen molar-refractivity contribution in [2.45, 2.75) is 6.92 Å². The predicted molar refractivity (Wildman–Crippen MR) is 81.8 cm³/mol. The van der Waals surface area contributed by atoms with Gasteiger partial charge in [-0.2, -0.15) is 0 Å². The molecule has 4 nitrogen and oxygen atoms in total. The number of esters is 1. The largest absolute Gasteiger partial charge is 0.462 e. The number of Topliss-reactive ketones (excluding diaryl/α,β-unsaturated/α-hetero) is 1. The Hall–Kier alpha value is -1.51. The maximum absolute atomic E-state index is 13.8. The molecule has 1 aromatic carbocycles. The van der Waals surface area contributed by atoms with Gasteiger partial charge in [0, 0.05) is 23.9 Å². The van der Waals surface area contributed by atoms with Crippen molar-refractivity contribution in [3.8, 4) is 0 Å². The third-order valence-corrected chi connectivity index (χ3v) is 2.99. The summed E-state index contributed by atoms with van der Waals surface area (Å²) >= 11 is 1.76. The molecule has 7 heteroatoms. The highest BCUT2D eigenvalue weighted by atomic mass is 127. The normalized spacial score (nSPS) is 11.2. The number of hydrogen-bond acceptors (Lipinski definition) is 4. The topological polar surface area (TPSA) is 46.6 Å².